The van der Waals surface area contributed by atoms with Crippen LogP contribution in [0.3, 0.4) is 0 Å². The molecule has 1 aliphatic rings. The van der Waals surface area contributed by atoms with Crippen LogP contribution in [-0.2, 0) is 24.5 Å². The summed E-state index contributed by atoms with van der Waals surface area (Å²) >= 11 is 0. The fourth-order valence-electron chi connectivity index (χ4n) is 3.40. The summed E-state index contributed by atoms with van der Waals surface area (Å²) in [4.78, 5) is 23.6. The maximum Gasteiger partial charge on any atom is 0.309 e. The van der Waals surface area contributed by atoms with Crippen LogP contribution in [0, 0.1) is 12.8 Å². The van der Waals surface area contributed by atoms with Gasteiger partial charge in [-0.25, -0.2) is 0 Å². The lowest BCUT2D eigenvalue weighted by atomic mass is 9.74. The highest BCUT2D eigenvalue weighted by atomic mass is 16.5. The minimum absolute atomic E-state index is 0.208. The fourth-order valence-corrected chi connectivity index (χ4v) is 3.40. The van der Waals surface area contributed by atoms with E-state index in [4.69, 9.17) is 9.47 Å². The second-order valence-corrected chi connectivity index (χ2v) is 6.26. The fraction of sp³-hybridized carbons (Fsp3) is 0.556. The second-order valence-electron chi connectivity index (χ2n) is 6.26. The zero-order valence-electron chi connectivity index (χ0n) is 13.7. The van der Waals surface area contributed by atoms with Gasteiger partial charge < -0.3 is 9.47 Å². The standard InChI is InChI=1S/C18H24O4/c1-5-21-17(20)16-10-15(22-13(3)19)11-18(16,4)14-8-6-12(2)7-9-14/h6-9,15-16H,5,10-11H2,1-4H3/t15-,16-,18-/m1/s1. The first-order chi connectivity index (χ1) is 10.4. The largest absolute Gasteiger partial charge is 0.466 e. The molecule has 0 unspecified atom stereocenters. The molecule has 0 aliphatic heterocycles. The van der Waals surface area contributed by atoms with E-state index in [1.54, 1.807) is 6.92 Å². The van der Waals surface area contributed by atoms with Crippen LogP contribution in [0.25, 0.3) is 0 Å². The Morgan fingerprint density at radius 2 is 1.91 bits per heavy atom. The van der Waals surface area contributed by atoms with Gasteiger partial charge in [-0.15, -0.1) is 0 Å². The number of aryl methyl sites for hydroxylation is 1. The van der Waals surface area contributed by atoms with Crippen molar-refractivity contribution in [3.63, 3.8) is 0 Å². The van der Waals surface area contributed by atoms with Gasteiger partial charge in [0.15, 0.2) is 0 Å². The van der Waals surface area contributed by atoms with Gasteiger partial charge >= 0.3 is 11.9 Å². The third-order valence-electron chi connectivity index (χ3n) is 4.53. The number of carbonyl (C=O) groups is 2. The van der Waals surface area contributed by atoms with E-state index in [1.807, 2.05) is 19.1 Å². The molecule has 3 atom stereocenters. The van der Waals surface area contributed by atoms with Gasteiger partial charge in [0, 0.05) is 12.3 Å². The number of hydrogen-bond acceptors (Lipinski definition) is 4. The Bertz CT molecular complexity index is 549. The van der Waals surface area contributed by atoms with Gasteiger partial charge in [-0.1, -0.05) is 36.8 Å². The number of ether oxygens (including phenoxy) is 2. The summed E-state index contributed by atoms with van der Waals surface area (Å²) < 4.78 is 10.6. The number of esters is 2. The summed E-state index contributed by atoms with van der Waals surface area (Å²) in [6, 6.07) is 8.19. The van der Waals surface area contributed by atoms with Gasteiger partial charge in [-0.2, -0.15) is 0 Å². The molecule has 0 N–H and O–H groups in total. The van der Waals surface area contributed by atoms with Gasteiger partial charge in [0.2, 0.25) is 0 Å². The van der Waals surface area contributed by atoms with Crippen molar-refractivity contribution in [1.29, 1.82) is 0 Å². The topological polar surface area (TPSA) is 52.6 Å². The lowest BCUT2D eigenvalue weighted by Crippen LogP contribution is -2.34. The van der Waals surface area contributed by atoms with Crippen LogP contribution in [0.2, 0.25) is 0 Å². The van der Waals surface area contributed by atoms with Gasteiger partial charge in [0.25, 0.3) is 0 Å². The molecule has 0 heterocycles. The number of rotatable bonds is 4. The van der Waals surface area contributed by atoms with E-state index < -0.39 is 0 Å². The Kier molecular flexibility index (Phi) is 4.89. The van der Waals surface area contributed by atoms with Crippen molar-refractivity contribution in [3.8, 4) is 0 Å². The molecule has 0 aromatic heterocycles. The van der Waals surface area contributed by atoms with Crippen LogP contribution in [0.5, 0.6) is 0 Å². The summed E-state index contributed by atoms with van der Waals surface area (Å²) in [5, 5.41) is 0. The molecule has 0 bridgehead atoms. The molecule has 0 spiro atoms. The van der Waals surface area contributed by atoms with Crippen molar-refractivity contribution >= 4 is 11.9 Å². The molecule has 0 amide bonds. The Morgan fingerprint density at radius 1 is 1.27 bits per heavy atom. The van der Waals surface area contributed by atoms with Crippen molar-refractivity contribution in [2.75, 3.05) is 6.61 Å². The summed E-state index contributed by atoms with van der Waals surface area (Å²) in [7, 11) is 0. The van der Waals surface area contributed by atoms with E-state index in [9.17, 15) is 9.59 Å². The maximum absolute atomic E-state index is 12.4. The Labute approximate surface area is 131 Å². The Morgan fingerprint density at radius 3 is 2.45 bits per heavy atom. The lowest BCUT2D eigenvalue weighted by molar-refractivity contribution is -0.151. The minimum Gasteiger partial charge on any atom is -0.466 e. The molecular formula is C18H24O4. The van der Waals surface area contributed by atoms with Gasteiger partial charge in [0.1, 0.15) is 6.10 Å². The van der Waals surface area contributed by atoms with E-state index in [1.165, 1.54) is 12.5 Å². The minimum atomic E-state index is -0.375. The van der Waals surface area contributed by atoms with E-state index in [-0.39, 0.29) is 29.4 Å². The molecular weight excluding hydrogens is 280 g/mol. The molecule has 1 aromatic carbocycles. The van der Waals surface area contributed by atoms with Gasteiger partial charge in [-0.3, -0.25) is 9.59 Å². The van der Waals surface area contributed by atoms with Crippen LogP contribution in [0.1, 0.15) is 44.7 Å². The zero-order valence-corrected chi connectivity index (χ0v) is 13.7. The SMILES string of the molecule is CCOC(=O)[C@H]1C[C@@H](OC(C)=O)C[C@]1(C)c1ccc(C)cc1. The number of hydrogen-bond donors (Lipinski definition) is 0. The van der Waals surface area contributed by atoms with Crippen molar-refractivity contribution < 1.29 is 19.1 Å². The maximum atomic E-state index is 12.4. The summed E-state index contributed by atoms with van der Waals surface area (Å²) in [5.74, 6) is -0.805. The summed E-state index contributed by atoms with van der Waals surface area (Å²) in [5.41, 5.74) is 1.89. The monoisotopic (exact) mass is 304 g/mol. The smallest absolute Gasteiger partial charge is 0.309 e. The summed E-state index contributed by atoms with van der Waals surface area (Å²) in [6.07, 6.45) is 0.917. The highest BCUT2D eigenvalue weighted by Gasteiger charge is 2.50. The van der Waals surface area contributed by atoms with E-state index in [0.717, 1.165) is 5.56 Å². The highest BCUT2D eigenvalue weighted by Crippen LogP contribution is 2.47. The van der Waals surface area contributed by atoms with Gasteiger partial charge in [-0.05, 0) is 32.3 Å². The molecule has 22 heavy (non-hydrogen) atoms. The van der Waals surface area contributed by atoms with Crippen LogP contribution in [0.4, 0.5) is 0 Å². The van der Waals surface area contributed by atoms with Crippen molar-refractivity contribution in [1.82, 2.24) is 0 Å². The van der Waals surface area contributed by atoms with Gasteiger partial charge in [0.05, 0.1) is 12.5 Å². The molecule has 1 aromatic rings. The van der Waals surface area contributed by atoms with E-state index in [2.05, 4.69) is 19.1 Å². The second kappa shape index (κ2) is 6.51. The first-order valence-corrected chi connectivity index (χ1v) is 7.77. The first kappa shape index (κ1) is 16.5. The van der Waals surface area contributed by atoms with Crippen LogP contribution < -0.4 is 0 Å². The molecule has 2 rings (SSSR count). The first-order valence-electron chi connectivity index (χ1n) is 7.77. The summed E-state index contributed by atoms with van der Waals surface area (Å²) in [6.45, 7) is 7.66. The average molecular weight is 304 g/mol. The predicted octanol–water partition coefficient (Wildman–Crippen LogP) is 3.16. The zero-order chi connectivity index (χ0) is 16.3. The van der Waals surface area contributed by atoms with Crippen LogP contribution in [0.15, 0.2) is 24.3 Å². The van der Waals surface area contributed by atoms with E-state index in [0.29, 0.717) is 19.4 Å². The average Bonchev–Trinajstić information content (AvgIpc) is 2.77. The third kappa shape index (κ3) is 3.32. The molecule has 1 fully saturated rings. The molecule has 0 saturated heterocycles. The highest BCUT2D eigenvalue weighted by molar-refractivity contribution is 5.75. The molecule has 1 saturated carbocycles. The van der Waals surface area contributed by atoms with Crippen molar-refractivity contribution in [2.45, 2.75) is 52.1 Å². The molecule has 0 radical (unpaired) electrons. The number of carbonyl (C=O) groups excluding carboxylic acids is 2. The normalized spacial score (nSPS) is 27.5. The van der Waals surface area contributed by atoms with Crippen molar-refractivity contribution in [3.05, 3.63) is 35.4 Å². The van der Waals surface area contributed by atoms with Crippen LogP contribution >= 0.6 is 0 Å². The third-order valence-corrected chi connectivity index (χ3v) is 4.53. The van der Waals surface area contributed by atoms with Crippen LogP contribution in [-0.4, -0.2) is 24.6 Å². The Hall–Kier alpha value is -1.84. The molecule has 4 nitrogen and oxygen atoms in total. The molecule has 4 heteroatoms. The predicted molar refractivity (Wildman–Crippen MR) is 83.4 cm³/mol. The Balaban J connectivity index is 2.32. The lowest BCUT2D eigenvalue weighted by Gasteiger charge is -2.30. The van der Waals surface area contributed by atoms with E-state index >= 15 is 0 Å². The molecule has 120 valence electrons. The molecule has 1 aliphatic carbocycles. The quantitative estimate of drug-likeness (QED) is 0.802. The number of benzene rings is 1. The van der Waals surface area contributed by atoms with Crippen molar-refractivity contribution in [2.24, 2.45) is 5.92 Å².